The van der Waals surface area contributed by atoms with Crippen molar-refractivity contribution in [1.82, 2.24) is 9.88 Å². The number of hydrogen-bond donors (Lipinski definition) is 1. The molecule has 2 rings (SSSR count). The second kappa shape index (κ2) is 6.50. The lowest BCUT2D eigenvalue weighted by atomic mass is 9.93. The molecule has 18 heavy (non-hydrogen) atoms. The van der Waals surface area contributed by atoms with E-state index >= 15 is 0 Å². The lowest BCUT2D eigenvalue weighted by Crippen LogP contribution is -2.39. The van der Waals surface area contributed by atoms with Crippen molar-refractivity contribution < 1.29 is 4.79 Å². The van der Waals surface area contributed by atoms with Crippen LogP contribution in [0.4, 0.5) is 0 Å². The zero-order valence-corrected chi connectivity index (χ0v) is 10.7. The van der Waals surface area contributed by atoms with Crippen molar-refractivity contribution in [3.63, 3.8) is 0 Å². The first-order valence-electron chi connectivity index (χ1n) is 6.66. The van der Waals surface area contributed by atoms with Crippen LogP contribution in [-0.2, 0) is 11.2 Å². The highest BCUT2D eigenvalue weighted by atomic mass is 16.2. The average Bonchev–Trinajstić information content (AvgIpc) is 2.41. The Morgan fingerprint density at radius 2 is 2.22 bits per heavy atom. The number of amides is 1. The molecule has 4 nitrogen and oxygen atoms in total. The van der Waals surface area contributed by atoms with Crippen molar-refractivity contribution in [2.24, 2.45) is 11.7 Å². The second-order valence-corrected chi connectivity index (χ2v) is 4.94. The first-order valence-corrected chi connectivity index (χ1v) is 6.66. The van der Waals surface area contributed by atoms with Gasteiger partial charge in [0.15, 0.2) is 0 Å². The molecule has 0 atom stereocenters. The van der Waals surface area contributed by atoms with Crippen molar-refractivity contribution in [3.05, 3.63) is 30.1 Å². The molecule has 4 heteroatoms. The van der Waals surface area contributed by atoms with E-state index in [1.54, 1.807) is 12.4 Å². The fraction of sp³-hybridized carbons (Fsp3) is 0.571. The Bertz CT molecular complexity index is 372. The van der Waals surface area contributed by atoms with Gasteiger partial charge in [-0.1, -0.05) is 6.07 Å². The summed E-state index contributed by atoms with van der Waals surface area (Å²) in [6, 6.07) is 3.82. The van der Waals surface area contributed by atoms with Crippen LogP contribution in [0.15, 0.2) is 24.5 Å². The van der Waals surface area contributed by atoms with E-state index in [0.29, 0.717) is 12.3 Å². The van der Waals surface area contributed by atoms with Gasteiger partial charge in [0.2, 0.25) is 5.91 Å². The van der Waals surface area contributed by atoms with Crippen molar-refractivity contribution in [3.8, 4) is 0 Å². The molecule has 98 valence electrons. The standard InChI is InChI=1S/C14H21N3O/c15-6-3-12-4-8-17(9-5-12)14(18)10-13-2-1-7-16-11-13/h1-2,7,11-12H,3-6,8-10,15H2. The topological polar surface area (TPSA) is 59.2 Å². The average molecular weight is 247 g/mol. The molecule has 1 aromatic heterocycles. The molecule has 0 aromatic carbocycles. The number of carbonyl (C=O) groups excluding carboxylic acids is 1. The molecule has 2 heterocycles. The highest BCUT2D eigenvalue weighted by Crippen LogP contribution is 2.20. The van der Waals surface area contributed by atoms with Gasteiger partial charge in [0.05, 0.1) is 6.42 Å². The van der Waals surface area contributed by atoms with Gasteiger partial charge in [0.25, 0.3) is 0 Å². The molecule has 2 N–H and O–H groups in total. The van der Waals surface area contributed by atoms with E-state index in [4.69, 9.17) is 5.73 Å². The molecule has 1 aliphatic heterocycles. The third-order valence-corrected chi connectivity index (χ3v) is 3.62. The molecule has 0 radical (unpaired) electrons. The van der Waals surface area contributed by atoms with Gasteiger partial charge in [-0.05, 0) is 43.4 Å². The van der Waals surface area contributed by atoms with Crippen LogP contribution in [0.25, 0.3) is 0 Å². The van der Waals surface area contributed by atoms with Crippen LogP contribution < -0.4 is 5.73 Å². The maximum atomic E-state index is 12.1. The fourth-order valence-corrected chi connectivity index (χ4v) is 2.50. The summed E-state index contributed by atoms with van der Waals surface area (Å²) >= 11 is 0. The number of rotatable bonds is 4. The number of likely N-dealkylation sites (tertiary alicyclic amines) is 1. The molecule has 0 spiro atoms. The molecular weight excluding hydrogens is 226 g/mol. The molecular formula is C14H21N3O. The number of nitrogens with two attached hydrogens (primary N) is 1. The quantitative estimate of drug-likeness (QED) is 0.870. The predicted molar refractivity (Wildman–Crippen MR) is 70.9 cm³/mol. The SMILES string of the molecule is NCCC1CCN(C(=O)Cc2cccnc2)CC1. The van der Waals surface area contributed by atoms with Crippen molar-refractivity contribution >= 4 is 5.91 Å². The number of piperidine rings is 1. The summed E-state index contributed by atoms with van der Waals surface area (Å²) in [4.78, 5) is 18.1. The highest BCUT2D eigenvalue weighted by molar-refractivity contribution is 5.78. The summed E-state index contributed by atoms with van der Waals surface area (Å²) in [7, 11) is 0. The van der Waals surface area contributed by atoms with Crippen LogP contribution >= 0.6 is 0 Å². The molecule has 0 bridgehead atoms. The van der Waals surface area contributed by atoms with Crippen molar-refractivity contribution in [2.75, 3.05) is 19.6 Å². The number of nitrogens with zero attached hydrogens (tertiary/aromatic N) is 2. The molecule has 1 aliphatic rings. The normalized spacial score (nSPS) is 16.8. The minimum Gasteiger partial charge on any atom is -0.342 e. The Kier molecular flexibility index (Phi) is 4.70. The summed E-state index contributed by atoms with van der Waals surface area (Å²) in [5, 5.41) is 0. The van der Waals surface area contributed by atoms with E-state index in [1.807, 2.05) is 17.0 Å². The van der Waals surface area contributed by atoms with E-state index in [1.165, 1.54) is 0 Å². The number of pyridine rings is 1. The van der Waals surface area contributed by atoms with E-state index in [-0.39, 0.29) is 5.91 Å². The Labute approximate surface area is 108 Å². The summed E-state index contributed by atoms with van der Waals surface area (Å²) in [5.41, 5.74) is 6.56. The predicted octanol–water partition coefficient (Wildman–Crippen LogP) is 1.21. The first kappa shape index (κ1) is 13.0. The number of carbonyl (C=O) groups is 1. The van der Waals surface area contributed by atoms with Gasteiger partial charge in [-0.15, -0.1) is 0 Å². The lowest BCUT2D eigenvalue weighted by Gasteiger charge is -2.32. The lowest BCUT2D eigenvalue weighted by molar-refractivity contribution is -0.131. The Hall–Kier alpha value is -1.42. The van der Waals surface area contributed by atoms with Gasteiger partial charge in [-0.25, -0.2) is 0 Å². The van der Waals surface area contributed by atoms with E-state index in [0.717, 1.165) is 44.5 Å². The maximum Gasteiger partial charge on any atom is 0.227 e. The van der Waals surface area contributed by atoms with Crippen LogP contribution in [0, 0.1) is 5.92 Å². The number of hydrogen-bond acceptors (Lipinski definition) is 3. The minimum absolute atomic E-state index is 0.217. The van der Waals surface area contributed by atoms with Crippen LogP contribution in [0.5, 0.6) is 0 Å². The van der Waals surface area contributed by atoms with Gasteiger partial charge in [-0.2, -0.15) is 0 Å². The van der Waals surface area contributed by atoms with Crippen LogP contribution in [0.1, 0.15) is 24.8 Å². The fourth-order valence-electron chi connectivity index (χ4n) is 2.50. The van der Waals surface area contributed by atoms with Gasteiger partial charge in [-0.3, -0.25) is 9.78 Å². The Balaban J connectivity index is 1.81. The third-order valence-electron chi connectivity index (χ3n) is 3.62. The largest absolute Gasteiger partial charge is 0.342 e. The van der Waals surface area contributed by atoms with E-state index in [2.05, 4.69) is 4.98 Å². The summed E-state index contributed by atoms with van der Waals surface area (Å²) in [6.07, 6.45) is 7.23. The van der Waals surface area contributed by atoms with Gasteiger partial charge in [0.1, 0.15) is 0 Å². The summed E-state index contributed by atoms with van der Waals surface area (Å²) < 4.78 is 0. The zero-order valence-electron chi connectivity index (χ0n) is 10.7. The monoisotopic (exact) mass is 247 g/mol. The Morgan fingerprint density at radius 1 is 1.44 bits per heavy atom. The molecule has 1 fully saturated rings. The molecule has 0 saturated carbocycles. The van der Waals surface area contributed by atoms with Gasteiger partial charge >= 0.3 is 0 Å². The minimum atomic E-state index is 0.217. The van der Waals surface area contributed by atoms with Crippen molar-refractivity contribution in [1.29, 1.82) is 0 Å². The first-order chi connectivity index (χ1) is 8.79. The second-order valence-electron chi connectivity index (χ2n) is 4.94. The highest BCUT2D eigenvalue weighted by Gasteiger charge is 2.22. The summed E-state index contributed by atoms with van der Waals surface area (Å²) in [6.45, 7) is 2.52. The Morgan fingerprint density at radius 3 is 2.83 bits per heavy atom. The van der Waals surface area contributed by atoms with Crippen molar-refractivity contribution in [2.45, 2.75) is 25.7 Å². The van der Waals surface area contributed by atoms with Crippen LogP contribution in [0.3, 0.4) is 0 Å². The third kappa shape index (κ3) is 3.53. The summed E-state index contributed by atoms with van der Waals surface area (Å²) in [5.74, 6) is 0.923. The van der Waals surface area contributed by atoms with Gasteiger partial charge in [0, 0.05) is 25.5 Å². The molecule has 0 aliphatic carbocycles. The van der Waals surface area contributed by atoms with E-state index < -0.39 is 0 Å². The molecule has 0 unspecified atom stereocenters. The molecule has 1 amide bonds. The maximum absolute atomic E-state index is 12.1. The molecule has 1 aromatic rings. The van der Waals surface area contributed by atoms with E-state index in [9.17, 15) is 4.79 Å². The van der Waals surface area contributed by atoms with Gasteiger partial charge < -0.3 is 10.6 Å². The molecule has 1 saturated heterocycles. The number of aromatic nitrogens is 1. The smallest absolute Gasteiger partial charge is 0.227 e. The zero-order chi connectivity index (χ0) is 12.8. The van der Waals surface area contributed by atoms with Crippen LogP contribution in [0.2, 0.25) is 0 Å². The van der Waals surface area contributed by atoms with Crippen LogP contribution in [-0.4, -0.2) is 35.4 Å².